The van der Waals surface area contributed by atoms with Gasteiger partial charge in [-0.15, -0.1) is 0 Å². The van der Waals surface area contributed by atoms with Crippen LogP contribution >= 0.6 is 0 Å². The molecule has 0 aliphatic carbocycles. The molecular formula is C17H17NO3. The quantitative estimate of drug-likeness (QED) is 0.854. The molecule has 2 unspecified atom stereocenters. The maximum absolute atomic E-state index is 9.97. The fourth-order valence-corrected chi connectivity index (χ4v) is 1.96. The summed E-state index contributed by atoms with van der Waals surface area (Å²) >= 11 is 0. The molecule has 2 N–H and O–H groups in total. The van der Waals surface area contributed by atoms with Crippen molar-refractivity contribution in [2.75, 3.05) is 0 Å². The molecule has 108 valence electrons. The van der Waals surface area contributed by atoms with Crippen LogP contribution in [0.5, 0.6) is 5.75 Å². The number of rotatable bonds is 6. The van der Waals surface area contributed by atoms with Crippen LogP contribution in [0.2, 0.25) is 0 Å². The first-order valence-corrected chi connectivity index (χ1v) is 6.70. The van der Waals surface area contributed by atoms with Gasteiger partial charge < -0.3 is 14.9 Å². The van der Waals surface area contributed by atoms with Gasteiger partial charge in [0, 0.05) is 0 Å². The van der Waals surface area contributed by atoms with Crippen LogP contribution in [-0.4, -0.2) is 16.3 Å². The first kappa shape index (κ1) is 15.0. The minimum atomic E-state index is -1.10. The average molecular weight is 283 g/mol. The summed E-state index contributed by atoms with van der Waals surface area (Å²) < 4.78 is 5.66. The Kier molecular flexibility index (Phi) is 5.33. The average Bonchev–Trinajstić information content (AvgIpc) is 2.54. The second-order valence-electron chi connectivity index (χ2n) is 4.72. The molecular weight excluding hydrogens is 266 g/mol. The highest BCUT2D eigenvalue weighted by Crippen LogP contribution is 2.23. The molecule has 0 saturated carbocycles. The van der Waals surface area contributed by atoms with Gasteiger partial charge >= 0.3 is 0 Å². The summed E-state index contributed by atoms with van der Waals surface area (Å²) in [6.07, 6.45) is -2.31. The minimum Gasteiger partial charge on any atom is -0.489 e. The van der Waals surface area contributed by atoms with Gasteiger partial charge in [-0.2, -0.15) is 5.26 Å². The zero-order valence-corrected chi connectivity index (χ0v) is 11.5. The second kappa shape index (κ2) is 7.44. The molecule has 0 spiro atoms. The summed E-state index contributed by atoms with van der Waals surface area (Å²) in [5.74, 6) is 0.611. The Balaban J connectivity index is 2.02. The van der Waals surface area contributed by atoms with Crippen LogP contribution in [0.3, 0.4) is 0 Å². The van der Waals surface area contributed by atoms with Gasteiger partial charge in [-0.3, -0.25) is 0 Å². The molecule has 0 aromatic heterocycles. The monoisotopic (exact) mass is 283 g/mol. The SMILES string of the molecule is N#CCC(O)C(O)c1cccc(OCc2ccccc2)c1. The van der Waals surface area contributed by atoms with Gasteiger partial charge in [-0.25, -0.2) is 0 Å². The Morgan fingerprint density at radius 3 is 2.52 bits per heavy atom. The van der Waals surface area contributed by atoms with E-state index in [-0.39, 0.29) is 6.42 Å². The van der Waals surface area contributed by atoms with Crippen molar-refractivity contribution in [1.29, 1.82) is 5.26 Å². The van der Waals surface area contributed by atoms with E-state index in [1.165, 1.54) is 0 Å². The largest absolute Gasteiger partial charge is 0.489 e. The molecule has 0 amide bonds. The van der Waals surface area contributed by atoms with Gasteiger partial charge in [0.15, 0.2) is 0 Å². The molecule has 0 bridgehead atoms. The Morgan fingerprint density at radius 1 is 1.05 bits per heavy atom. The van der Waals surface area contributed by atoms with Crippen molar-refractivity contribution in [3.8, 4) is 11.8 Å². The molecule has 21 heavy (non-hydrogen) atoms. The number of nitrogens with zero attached hydrogens (tertiary/aromatic N) is 1. The lowest BCUT2D eigenvalue weighted by Gasteiger charge is -2.16. The molecule has 4 heteroatoms. The standard InChI is InChI=1S/C17H17NO3/c18-10-9-16(19)17(20)14-7-4-8-15(11-14)21-12-13-5-2-1-3-6-13/h1-8,11,16-17,19-20H,9,12H2. The molecule has 2 aromatic rings. The van der Waals surface area contributed by atoms with E-state index in [2.05, 4.69) is 0 Å². The topological polar surface area (TPSA) is 73.5 Å². The number of aliphatic hydroxyl groups excluding tert-OH is 2. The van der Waals surface area contributed by atoms with E-state index in [1.807, 2.05) is 36.4 Å². The van der Waals surface area contributed by atoms with E-state index in [1.54, 1.807) is 24.3 Å². The van der Waals surface area contributed by atoms with E-state index in [0.717, 1.165) is 5.56 Å². The molecule has 2 rings (SSSR count). The predicted molar refractivity (Wildman–Crippen MR) is 78.4 cm³/mol. The maximum Gasteiger partial charge on any atom is 0.120 e. The van der Waals surface area contributed by atoms with Gasteiger partial charge in [-0.1, -0.05) is 42.5 Å². The van der Waals surface area contributed by atoms with E-state index in [0.29, 0.717) is 17.9 Å². The van der Waals surface area contributed by atoms with E-state index in [9.17, 15) is 10.2 Å². The van der Waals surface area contributed by atoms with Crippen molar-refractivity contribution < 1.29 is 14.9 Å². The Bertz CT molecular complexity index is 607. The molecule has 4 nitrogen and oxygen atoms in total. The van der Waals surface area contributed by atoms with Crippen molar-refractivity contribution in [3.63, 3.8) is 0 Å². The molecule has 0 radical (unpaired) electrons. The maximum atomic E-state index is 9.97. The third-order valence-corrected chi connectivity index (χ3v) is 3.11. The van der Waals surface area contributed by atoms with E-state index < -0.39 is 12.2 Å². The lowest BCUT2D eigenvalue weighted by molar-refractivity contribution is 0.0215. The number of hydrogen-bond acceptors (Lipinski definition) is 4. The molecule has 0 aliphatic rings. The highest BCUT2D eigenvalue weighted by atomic mass is 16.5. The Labute approximate surface area is 123 Å². The second-order valence-corrected chi connectivity index (χ2v) is 4.72. The van der Waals surface area contributed by atoms with Crippen LogP contribution in [-0.2, 0) is 6.61 Å². The van der Waals surface area contributed by atoms with Crippen molar-refractivity contribution in [2.45, 2.75) is 25.2 Å². The first-order chi connectivity index (χ1) is 10.2. The highest BCUT2D eigenvalue weighted by Gasteiger charge is 2.18. The predicted octanol–water partition coefficient (Wildman–Crippen LogP) is 2.57. The zero-order chi connectivity index (χ0) is 15.1. The lowest BCUT2D eigenvalue weighted by Crippen LogP contribution is -2.17. The first-order valence-electron chi connectivity index (χ1n) is 6.70. The summed E-state index contributed by atoms with van der Waals surface area (Å²) in [4.78, 5) is 0. The fraction of sp³-hybridized carbons (Fsp3) is 0.235. The summed E-state index contributed by atoms with van der Waals surface area (Å²) in [7, 11) is 0. The third-order valence-electron chi connectivity index (χ3n) is 3.11. The third kappa shape index (κ3) is 4.32. The number of ether oxygens (including phenoxy) is 1. The fourth-order valence-electron chi connectivity index (χ4n) is 1.96. The smallest absolute Gasteiger partial charge is 0.120 e. The van der Waals surface area contributed by atoms with Crippen molar-refractivity contribution in [3.05, 3.63) is 65.7 Å². The number of hydrogen-bond donors (Lipinski definition) is 2. The molecule has 0 fully saturated rings. The van der Waals surface area contributed by atoms with Crippen molar-refractivity contribution >= 4 is 0 Å². The van der Waals surface area contributed by atoms with Gasteiger partial charge in [-0.05, 0) is 23.3 Å². The minimum absolute atomic E-state index is 0.115. The van der Waals surface area contributed by atoms with Crippen LogP contribution in [0.1, 0.15) is 23.7 Å². The van der Waals surface area contributed by atoms with Crippen LogP contribution < -0.4 is 4.74 Å². The Hall–Kier alpha value is -2.35. The molecule has 2 aromatic carbocycles. The van der Waals surface area contributed by atoms with Crippen LogP contribution in [0.25, 0.3) is 0 Å². The van der Waals surface area contributed by atoms with Gasteiger partial charge in [0.1, 0.15) is 18.5 Å². The van der Waals surface area contributed by atoms with Gasteiger partial charge in [0.25, 0.3) is 0 Å². The highest BCUT2D eigenvalue weighted by molar-refractivity contribution is 5.31. The number of benzene rings is 2. The van der Waals surface area contributed by atoms with Crippen LogP contribution in [0.15, 0.2) is 54.6 Å². The van der Waals surface area contributed by atoms with Crippen LogP contribution in [0, 0.1) is 11.3 Å². The van der Waals surface area contributed by atoms with Gasteiger partial charge in [0.2, 0.25) is 0 Å². The summed E-state index contributed by atoms with van der Waals surface area (Å²) in [5.41, 5.74) is 1.58. The van der Waals surface area contributed by atoms with E-state index in [4.69, 9.17) is 10.00 Å². The van der Waals surface area contributed by atoms with Gasteiger partial charge in [0.05, 0.1) is 18.6 Å². The van der Waals surface area contributed by atoms with Crippen molar-refractivity contribution in [2.24, 2.45) is 0 Å². The summed E-state index contributed by atoms with van der Waals surface area (Å²) in [5, 5.41) is 28.2. The number of nitriles is 1. The zero-order valence-electron chi connectivity index (χ0n) is 11.5. The normalized spacial score (nSPS) is 13.2. The molecule has 0 saturated heterocycles. The summed E-state index contributed by atoms with van der Waals surface area (Å²) in [6, 6.07) is 18.5. The molecule has 2 atom stereocenters. The molecule has 0 aliphatic heterocycles. The Morgan fingerprint density at radius 2 is 1.81 bits per heavy atom. The van der Waals surface area contributed by atoms with E-state index >= 15 is 0 Å². The molecule has 0 heterocycles. The number of aliphatic hydroxyl groups is 2. The summed E-state index contributed by atoms with van der Waals surface area (Å²) in [6.45, 7) is 0.432. The van der Waals surface area contributed by atoms with Crippen LogP contribution in [0.4, 0.5) is 0 Å². The lowest BCUT2D eigenvalue weighted by atomic mass is 10.0. The van der Waals surface area contributed by atoms with Crippen molar-refractivity contribution in [1.82, 2.24) is 0 Å².